The summed E-state index contributed by atoms with van der Waals surface area (Å²) >= 11 is 6.58. The average Bonchev–Trinajstić information content (AvgIpc) is 3.36. The third-order valence-electron chi connectivity index (χ3n) is 5.95. The first-order valence-corrected chi connectivity index (χ1v) is 12.0. The summed E-state index contributed by atoms with van der Waals surface area (Å²) in [7, 11) is 0. The van der Waals surface area contributed by atoms with Crippen LogP contribution in [0.4, 0.5) is 0 Å². The van der Waals surface area contributed by atoms with E-state index < -0.39 is 0 Å². The van der Waals surface area contributed by atoms with Gasteiger partial charge in [0.2, 0.25) is 0 Å². The largest absolute Gasteiger partial charge is 0.318 e. The Balaban J connectivity index is 1.33. The second kappa shape index (κ2) is 10.2. The average molecular weight is 497 g/mol. The molecule has 0 aliphatic rings. The molecule has 7 nitrogen and oxygen atoms in total. The summed E-state index contributed by atoms with van der Waals surface area (Å²) in [5.41, 5.74) is 8.88. The number of amides is 1. The van der Waals surface area contributed by atoms with Gasteiger partial charge >= 0.3 is 0 Å². The van der Waals surface area contributed by atoms with Gasteiger partial charge in [0.1, 0.15) is 17.5 Å². The minimum atomic E-state index is -0.261. The topological polar surface area (TPSA) is 77.1 Å². The number of carbonyl (C=O) groups is 1. The number of rotatable bonds is 7. The molecule has 0 saturated carbocycles. The summed E-state index contributed by atoms with van der Waals surface area (Å²) in [6, 6.07) is 25.8. The fraction of sp³-hybridized carbons (Fsp3) is 0.143. The number of imidazole rings is 1. The molecule has 36 heavy (non-hydrogen) atoms. The maximum absolute atomic E-state index is 12.9. The van der Waals surface area contributed by atoms with E-state index in [0.717, 1.165) is 33.7 Å². The van der Waals surface area contributed by atoms with Crippen LogP contribution in [-0.2, 0) is 17.8 Å². The molecule has 1 N–H and O–H groups in total. The van der Waals surface area contributed by atoms with Crippen molar-refractivity contribution in [1.29, 1.82) is 0 Å². The van der Waals surface area contributed by atoms with Gasteiger partial charge in [0.15, 0.2) is 0 Å². The molecule has 0 aliphatic heterocycles. The van der Waals surface area contributed by atoms with Crippen molar-refractivity contribution in [2.45, 2.75) is 26.8 Å². The Bertz CT molecular complexity index is 1550. The summed E-state index contributed by atoms with van der Waals surface area (Å²) in [5.74, 6) is 0.559. The summed E-state index contributed by atoms with van der Waals surface area (Å²) in [6.45, 7) is 3.97. The van der Waals surface area contributed by atoms with Crippen molar-refractivity contribution in [2.24, 2.45) is 5.10 Å². The van der Waals surface area contributed by atoms with Crippen molar-refractivity contribution >= 4 is 34.8 Å². The van der Waals surface area contributed by atoms with Crippen LogP contribution in [0.3, 0.4) is 0 Å². The van der Waals surface area contributed by atoms with Crippen LogP contribution in [0.25, 0.3) is 16.7 Å². The van der Waals surface area contributed by atoms with Crippen LogP contribution < -0.4 is 5.43 Å². The van der Waals surface area contributed by atoms with Gasteiger partial charge < -0.3 is 4.57 Å². The highest BCUT2D eigenvalue weighted by Gasteiger charge is 2.15. The molecule has 0 atom stereocenters. The van der Waals surface area contributed by atoms with E-state index in [2.05, 4.69) is 27.8 Å². The van der Waals surface area contributed by atoms with Crippen LogP contribution in [0.5, 0.6) is 0 Å². The highest BCUT2D eigenvalue weighted by molar-refractivity contribution is 6.32. The minimum Gasteiger partial charge on any atom is -0.318 e. The summed E-state index contributed by atoms with van der Waals surface area (Å²) in [4.78, 5) is 17.6. The Morgan fingerprint density at radius 2 is 1.72 bits per heavy atom. The molecule has 8 heteroatoms. The molecular formula is C28H25ClN6O. The Morgan fingerprint density at radius 1 is 1.00 bits per heavy atom. The summed E-state index contributed by atoms with van der Waals surface area (Å²) < 4.78 is 3.59. The van der Waals surface area contributed by atoms with Crippen LogP contribution >= 0.6 is 11.6 Å². The molecule has 2 heterocycles. The molecule has 1 amide bonds. The number of hydrogen-bond donors (Lipinski definition) is 1. The van der Waals surface area contributed by atoms with E-state index in [9.17, 15) is 4.79 Å². The van der Waals surface area contributed by atoms with Gasteiger partial charge in [-0.15, -0.1) is 0 Å². The first-order chi connectivity index (χ1) is 17.5. The van der Waals surface area contributed by atoms with Gasteiger partial charge in [-0.05, 0) is 43.7 Å². The van der Waals surface area contributed by atoms with Crippen molar-refractivity contribution in [2.75, 3.05) is 0 Å². The normalized spacial score (nSPS) is 11.4. The second-order valence-electron chi connectivity index (χ2n) is 8.60. The van der Waals surface area contributed by atoms with E-state index in [-0.39, 0.29) is 12.5 Å². The maximum atomic E-state index is 12.9. The molecule has 2 aromatic heterocycles. The number of nitrogens with one attached hydrogen (secondary N) is 1. The van der Waals surface area contributed by atoms with Crippen molar-refractivity contribution in [3.8, 4) is 5.69 Å². The van der Waals surface area contributed by atoms with Gasteiger partial charge in [0, 0.05) is 6.42 Å². The SMILES string of the molecule is Cc1ccc(-n2nc(C)c(C=NNC(=O)Cn3c(Cc4ccccc4)nc4ccccc43)c2Cl)cc1. The lowest BCUT2D eigenvalue weighted by molar-refractivity contribution is -0.121. The van der Waals surface area contributed by atoms with Gasteiger partial charge in [0.25, 0.3) is 5.91 Å². The first kappa shape index (κ1) is 23.5. The standard InChI is InChI=1S/C28H25ClN6O/c1-19-12-14-22(15-13-19)35-28(29)23(20(2)33-35)17-30-32-27(36)18-34-25-11-7-6-10-24(25)31-26(34)16-21-8-4-3-5-9-21/h3-15,17H,16,18H2,1-2H3,(H,32,36). The fourth-order valence-electron chi connectivity index (χ4n) is 4.08. The lowest BCUT2D eigenvalue weighted by atomic mass is 10.1. The Kier molecular flexibility index (Phi) is 6.64. The molecule has 0 saturated heterocycles. The van der Waals surface area contributed by atoms with Gasteiger partial charge in [-0.2, -0.15) is 10.2 Å². The van der Waals surface area contributed by atoms with Gasteiger partial charge in [0.05, 0.1) is 34.2 Å². The Morgan fingerprint density at radius 3 is 2.50 bits per heavy atom. The third-order valence-corrected chi connectivity index (χ3v) is 6.31. The van der Waals surface area contributed by atoms with E-state index in [4.69, 9.17) is 16.6 Å². The number of halogens is 1. The number of hydrogen-bond acceptors (Lipinski definition) is 4. The van der Waals surface area contributed by atoms with Crippen molar-refractivity contribution in [3.63, 3.8) is 0 Å². The monoisotopic (exact) mass is 496 g/mol. The van der Waals surface area contributed by atoms with Crippen molar-refractivity contribution in [3.05, 3.63) is 112 Å². The van der Waals surface area contributed by atoms with Crippen LogP contribution in [0.2, 0.25) is 5.15 Å². The molecule has 0 aliphatic carbocycles. The highest BCUT2D eigenvalue weighted by atomic mass is 35.5. The minimum absolute atomic E-state index is 0.0926. The summed E-state index contributed by atoms with van der Waals surface area (Å²) in [6.07, 6.45) is 2.16. The molecule has 5 aromatic rings. The second-order valence-corrected chi connectivity index (χ2v) is 8.95. The quantitative estimate of drug-likeness (QED) is 0.247. The van der Waals surface area contributed by atoms with E-state index in [0.29, 0.717) is 22.8 Å². The molecular weight excluding hydrogens is 472 g/mol. The van der Waals surface area contributed by atoms with Gasteiger partial charge in [-0.25, -0.2) is 15.1 Å². The van der Waals surface area contributed by atoms with Crippen molar-refractivity contribution in [1.82, 2.24) is 24.8 Å². The smallest absolute Gasteiger partial charge is 0.260 e. The predicted octanol–water partition coefficient (Wildman–Crippen LogP) is 5.23. The molecule has 0 bridgehead atoms. The Labute approximate surface area is 214 Å². The number of carbonyl (C=O) groups excluding carboxylic acids is 1. The van der Waals surface area contributed by atoms with Gasteiger partial charge in [-0.1, -0.05) is 71.8 Å². The molecule has 0 fully saturated rings. The zero-order valence-corrected chi connectivity index (χ0v) is 20.8. The van der Waals surface area contributed by atoms with Crippen LogP contribution in [0.15, 0.2) is 84.0 Å². The summed E-state index contributed by atoms with van der Waals surface area (Å²) in [5, 5.41) is 9.12. The zero-order chi connectivity index (χ0) is 25.1. The lowest BCUT2D eigenvalue weighted by Crippen LogP contribution is -2.24. The molecule has 0 spiro atoms. The Hall–Kier alpha value is -4.23. The van der Waals surface area contributed by atoms with E-state index >= 15 is 0 Å². The van der Waals surface area contributed by atoms with Gasteiger partial charge in [-0.3, -0.25) is 4.79 Å². The molecule has 0 radical (unpaired) electrons. The number of aryl methyl sites for hydroxylation is 2. The van der Waals surface area contributed by atoms with Crippen LogP contribution in [-0.4, -0.2) is 31.5 Å². The number of nitrogens with zero attached hydrogens (tertiary/aromatic N) is 5. The van der Waals surface area contributed by atoms with Crippen LogP contribution in [0.1, 0.15) is 28.2 Å². The fourth-order valence-corrected chi connectivity index (χ4v) is 4.40. The van der Waals surface area contributed by atoms with Crippen molar-refractivity contribution < 1.29 is 4.79 Å². The predicted molar refractivity (Wildman–Crippen MR) is 143 cm³/mol. The molecule has 5 rings (SSSR count). The maximum Gasteiger partial charge on any atom is 0.260 e. The lowest BCUT2D eigenvalue weighted by Gasteiger charge is -2.08. The van der Waals surface area contributed by atoms with E-state index in [1.165, 1.54) is 6.21 Å². The van der Waals surface area contributed by atoms with Crippen LogP contribution in [0, 0.1) is 13.8 Å². The van der Waals surface area contributed by atoms with E-state index in [1.54, 1.807) is 4.68 Å². The van der Waals surface area contributed by atoms with E-state index in [1.807, 2.05) is 85.1 Å². The number of fused-ring (bicyclic) bond motifs is 1. The molecule has 0 unspecified atom stereocenters. The number of para-hydroxylation sites is 2. The number of hydrazone groups is 1. The highest BCUT2D eigenvalue weighted by Crippen LogP contribution is 2.22. The zero-order valence-electron chi connectivity index (χ0n) is 20.0. The molecule has 180 valence electrons. The number of benzene rings is 3. The molecule has 3 aromatic carbocycles. The third kappa shape index (κ3) is 4.92. The first-order valence-electron chi connectivity index (χ1n) is 11.6. The number of aromatic nitrogens is 4.